The lowest BCUT2D eigenvalue weighted by molar-refractivity contribution is -0.0118. The first-order chi connectivity index (χ1) is 11.6. The molecule has 1 aromatic carbocycles. The van der Waals surface area contributed by atoms with Crippen molar-refractivity contribution in [3.8, 4) is 0 Å². The molecule has 1 amide bonds. The minimum Gasteiger partial charge on any atom is -0.444 e. The topological polar surface area (TPSA) is 41.6 Å². The first-order valence-corrected chi connectivity index (χ1v) is 9.39. The minimum atomic E-state index is -0.478. The molecular formula is C21H34N2O2. The molecule has 0 radical (unpaired) electrons. The fourth-order valence-electron chi connectivity index (χ4n) is 3.86. The average Bonchev–Trinajstić information content (AvgIpc) is 2.53. The van der Waals surface area contributed by atoms with Gasteiger partial charge in [-0.1, -0.05) is 44.2 Å². The van der Waals surface area contributed by atoms with Gasteiger partial charge in [-0.2, -0.15) is 0 Å². The van der Waals surface area contributed by atoms with Crippen LogP contribution in [0, 0.1) is 11.8 Å². The molecule has 0 unspecified atom stereocenters. The van der Waals surface area contributed by atoms with Crippen LogP contribution in [0.1, 0.15) is 54.0 Å². The molecule has 1 aliphatic rings. The van der Waals surface area contributed by atoms with Crippen molar-refractivity contribution in [1.82, 2.24) is 10.2 Å². The number of piperidine rings is 1. The molecule has 25 heavy (non-hydrogen) atoms. The first kappa shape index (κ1) is 19.8. The molecule has 140 valence electrons. The van der Waals surface area contributed by atoms with Crippen LogP contribution in [-0.2, 0) is 11.3 Å². The molecule has 1 N–H and O–H groups in total. The Morgan fingerprint density at radius 1 is 1.04 bits per heavy atom. The fraction of sp³-hybridized carbons (Fsp3) is 0.667. The number of hydrogen-bond donors (Lipinski definition) is 1. The molecule has 1 heterocycles. The van der Waals surface area contributed by atoms with Gasteiger partial charge in [-0.3, -0.25) is 4.90 Å². The average molecular weight is 347 g/mol. The Morgan fingerprint density at radius 2 is 1.64 bits per heavy atom. The van der Waals surface area contributed by atoms with Crippen molar-refractivity contribution in [2.45, 2.75) is 78.7 Å². The summed E-state index contributed by atoms with van der Waals surface area (Å²) in [6.45, 7) is 15.6. The zero-order chi connectivity index (χ0) is 18.8. The fourth-order valence-corrected chi connectivity index (χ4v) is 3.86. The summed E-state index contributed by atoms with van der Waals surface area (Å²) in [6, 6.07) is 11.3. The van der Waals surface area contributed by atoms with Gasteiger partial charge < -0.3 is 10.1 Å². The van der Waals surface area contributed by atoms with Crippen molar-refractivity contribution in [2.24, 2.45) is 11.8 Å². The van der Waals surface area contributed by atoms with Crippen LogP contribution in [0.5, 0.6) is 0 Å². The highest BCUT2D eigenvalue weighted by Gasteiger charge is 2.42. The molecule has 1 aliphatic heterocycles. The van der Waals surface area contributed by atoms with Gasteiger partial charge in [0.1, 0.15) is 5.60 Å². The molecule has 0 aliphatic carbocycles. The lowest BCUT2D eigenvalue weighted by atomic mass is 9.76. The van der Waals surface area contributed by atoms with E-state index in [9.17, 15) is 4.79 Å². The van der Waals surface area contributed by atoms with Crippen LogP contribution in [0.4, 0.5) is 4.79 Å². The molecule has 5 atom stereocenters. The number of alkyl carbamates (subject to hydrolysis) is 1. The van der Waals surface area contributed by atoms with Gasteiger partial charge >= 0.3 is 6.09 Å². The number of hydrogen-bond acceptors (Lipinski definition) is 3. The van der Waals surface area contributed by atoms with Crippen LogP contribution in [0.15, 0.2) is 30.3 Å². The van der Waals surface area contributed by atoms with Crippen LogP contribution in [0.2, 0.25) is 0 Å². The van der Waals surface area contributed by atoms with E-state index in [1.807, 2.05) is 26.8 Å². The van der Waals surface area contributed by atoms with Crippen LogP contribution in [0.3, 0.4) is 0 Å². The summed E-state index contributed by atoms with van der Waals surface area (Å²) in [6.07, 6.45) is -0.322. The van der Waals surface area contributed by atoms with Crippen molar-refractivity contribution < 1.29 is 9.53 Å². The smallest absolute Gasteiger partial charge is 0.407 e. The first-order valence-electron chi connectivity index (χ1n) is 9.39. The summed E-state index contributed by atoms with van der Waals surface area (Å²) in [5.74, 6) is 0.879. The van der Waals surface area contributed by atoms with E-state index in [0.29, 0.717) is 17.9 Å². The van der Waals surface area contributed by atoms with Gasteiger partial charge in [-0.05, 0) is 52.0 Å². The van der Waals surface area contributed by atoms with E-state index in [1.165, 1.54) is 5.56 Å². The van der Waals surface area contributed by atoms with Gasteiger partial charge in [-0.15, -0.1) is 0 Å². The summed E-state index contributed by atoms with van der Waals surface area (Å²) < 4.78 is 5.48. The maximum absolute atomic E-state index is 12.3. The van der Waals surface area contributed by atoms with E-state index in [-0.39, 0.29) is 18.2 Å². The SMILES string of the molecule is C[C@@H]1[C@H](C)[C@H](C)N(Cc2ccccc2)[C@@H](C)[C@@H]1NC(=O)OC(C)(C)C. The van der Waals surface area contributed by atoms with Gasteiger partial charge in [0.15, 0.2) is 0 Å². The second-order valence-electron chi connectivity index (χ2n) is 8.53. The van der Waals surface area contributed by atoms with Crippen molar-refractivity contribution >= 4 is 6.09 Å². The van der Waals surface area contributed by atoms with Gasteiger partial charge in [0.2, 0.25) is 0 Å². The molecule has 0 bridgehead atoms. The van der Waals surface area contributed by atoms with Crippen molar-refractivity contribution in [2.75, 3.05) is 0 Å². The van der Waals surface area contributed by atoms with E-state index in [0.717, 1.165) is 6.54 Å². The predicted molar refractivity (Wildman–Crippen MR) is 102 cm³/mol. The molecule has 0 aromatic heterocycles. The molecule has 1 aromatic rings. The quantitative estimate of drug-likeness (QED) is 0.879. The minimum absolute atomic E-state index is 0.0739. The molecule has 4 nitrogen and oxygen atoms in total. The Labute approximate surface area is 152 Å². The van der Waals surface area contributed by atoms with Crippen molar-refractivity contribution in [3.63, 3.8) is 0 Å². The Hall–Kier alpha value is -1.55. The van der Waals surface area contributed by atoms with Gasteiger partial charge in [0.05, 0.1) is 6.04 Å². The summed E-state index contributed by atoms with van der Waals surface area (Å²) in [7, 11) is 0. The highest BCUT2D eigenvalue weighted by atomic mass is 16.6. The highest BCUT2D eigenvalue weighted by Crippen LogP contribution is 2.34. The lowest BCUT2D eigenvalue weighted by Gasteiger charge is -2.50. The molecule has 0 saturated carbocycles. The number of benzene rings is 1. The largest absolute Gasteiger partial charge is 0.444 e. The highest BCUT2D eigenvalue weighted by molar-refractivity contribution is 5.68. The number of ether oxygens (including phenoxy) is 1. The number of nitrogens with zero attached hydrogens (tertiary/aromatic N) is 1. The molecule has 4 heteroatoms. The van der Waals surface area contributed by atoms with E-state index in [4.69, 9.17) is 4.74 Å². The number of likely N-dealkylation sites (tertiary alicyclic amines) is 1. The van der Waals surface area contributed by atoms with E-state index in [2.05, 4.69) is 62.2 Å². The van der Waals surface area contributed by atoms with Crippen molar-refractivity contribution in [3.05, 3.63) is 35.9 Å². The standard InChI is InChI=1S/C21H34N2O2/c1-14-15(2)19(22-20(24)25-21(5,6)7)17(4)23(16(14)3)13-18-11-9-8-10-12-18/h8-12,14-17,19H,13H2,1-7H3,(H,22,24)/t14-,15+,16-,17-,19+/m0/s1. The summed E-state index contributed by atoms with van der Waals surface area (Å²) in [5.41, 5.74) is 0.826. The van der Waals surface area contributed by atoms with E-state index in [1.54, 1.807) is 0 Å². The van der Waals surface area contributed by atoms with Crippen LogP contribution >= 0.6 is 0 Å². The second kappa shape index (κ2) is 7.77. The van der Waals surface area contributed by atoms with Crippen molar-refractivity contribution in [1.29, 1.82) is 0 Å². The number of rotatable bonds is 3. The Kier molecular flexibility index (Phi) is 6.15. The molecule has 1 fully saturated rings. The summed E-state index contributed by atoms with van der Waals surface area (Å²) in [5, 5.41) is 3.14. The zero-order valence-electron chi connectivity index (χ0n) is 16.7. The normalized spacial score (nSPS) is 30.8. The maximum Gasteiger partial charge on any atom is 0.407 e. The van der Waals surface area contributed by atoms with Gasteiger partial charge in [0.25, 0.3) is 0 Å². The number of carbonyl (C=O) groups is 1. The third-order valence-corrected chi connectivity index (χ3v) is 5.61. The number of carbonyl (C=O) groups excluding carboxylic acids is 1. The second-order valence-corrected chi connectivity index (χ2v) is 8.53. The van der Waals surface area contributed by atoms with Gasteiger partial charge in [-0.25, -0.2) is 4.79 Å². The number of nitrogens with one attached hydrogen (secondary N) is 1. The molecule has 2 rings (SSSR count). The molecule has 1 saturated heterocycles. The van der Waals surface area contributed by atoms with Crippen LogP contribution in [0.25, 0.3) is 0 Å². The summed E-state index contributed by atoms with van der Waals surface area (Å²) >= 11 is 0. The molecular weight excluding hydrogens is 312 g/mol. The zero-order valence-corrected chi connectivity index (χ0v) is 16.7. The Balaban J connectivity index is 2.14. The van der Waals surface area contributed by atoms with E-state index >= 15 is 0 Å². The van der Waals surface area contributed by atoms with E-state index < -0.39 is 5.60 Å². The molecule has 0 spiro atoms. The lowest BCUT2D eigenvalue weighted by Crippen LogP contribution is -2.63. The Bertz CT molecular complexity index is 567. The third kappa shape index (κ3) is 4.97. The predicted octanol–water partition coefficient (Wildman–Crippen LogP) is 4.44. The number of amides is 1. The van der Waals surface area contributed by atoms with Crippen LogP contribution < -0.4 is 5.32 Å². The van der Waals surface area contributed by atoms with Gasteiger partial charge in [0, 0.05) is 18.6 Å². The monoisotopic (exact) mass is 346 g/mol. The van der Waals surface area contributed by atoms with Crippen LogP contribution in [-0.4, -0.2) is 34.7 Å². The third-order valence-electron chi connectivity index (χ3n) is 5.61. The summed E-state index contributed by atoms with van der Waals surface area (Å²) in [4.78, 5) is 14.8. The Morgan fingerprint density at radius 3 is 2.20 bits per heavy atom. The maximum atomic E-state index is 12.3.